The van der Waals surface area contributed by atoms with Gasteiger partial charge in [-0.15, -0.1) is 0 Å². The zero-order chi connectivity index (χ0) is 20.5. The van der Waals surface area contributed by atoms with Crippen molar-refractivity contribution in [1.29, 1.82) is 0 Å². The van der Waals surface area contributed by atoms with Crippen LogP contribution in [-0.4, -0.2) is 56.6 Å². The molecular formula is C20H20FN7OS. The van der Waals surface area contributed by atoms with E-state index in [0.29, 0.717) is 34.5 Å². The minimum absolute atomic E-state index is 0.339. The lowest BCUT2D eigenvalue weighted by Crippen LogP contribution is -2.47. The zero-order valence-corrected chi connectivity index (χ0v) is 17.0. The molecule has 154 valence electrons. The summed E-state index contributed by atoms with van der Waals surface area (Å²) in [5, 5.41) is 10.9. The fourth-order valence-electron chi connectivity index (χ4n) is 3.75. The number of hydrogen-bond acceptors (Lipinski definition) is 8. The van der Waals surface area contributed by atoms with Crippen molar-refractivity contribution >= 4 is 34.3 Å². The first-order valence-corrected chi connectivity index (χ1v) is 11.1. The summed E-state index contributed by atoms with van der Waals surface area (Å²) in [6.07, 6.45) is 4.10. The Labute approximate surface area is 176 Å². The van der Waals surface area contributed by atoms with E-state index in [4.69, 9.17) is 4.98 Å². The molecular weight excluding hydrogens is 405 g/mol. The van der Waals surface area contributed by atoms with Gasteiger partial charge in [0.05, 0.1) is 18.1 Å². The molecule has 1 fully saturated rings. The Kier molecular flexibility index (Phi) is 5.09. The molecule has 0 saturated carbocycles. The SMILES string of the molecule is [O-][S+]1CCc2nc(N3CCN(c4ccnnc4)CC3)nc(Nc3cccc(F)c3)c21. The molecule has 2 aliphatic heterocycles. The lowest BCUT2D eigenvalue weighted by Gasteiger charge is -2.36. The quantitative estimate of drug-likeness (QED) is 0.636. The fraction of sp³-hybridized carbons (Fsp3) is 0.300. The minimum Gasteiger partial charge on any atom is -0.611 e. The second-order valence-corrected chi connectivity index (χ2v) is 8.67. The predicted octanol–water partition coefficient (Wildman–Crippen LogP) is 2.14. The first kappa shape index (κ1) is 19.0. The van der Waals surface area contributed by atoms with Crippen LogP contribution in [0.2, 0.25) is 0 Å². The lowest BCUT2D eigenvalue weighted by molar-refractivity contribution is 0.598. The highest BCUT2D eigenvalue weighted by Crippen LogP contribution is 2.34. The largest absolute Gasteiger partial charge is 0.611 e. The topological polar surface area (TPSA) is 93.1 Å². The number of nitrogens with zero attached hydrogens (tertiary/aromatic N) is 6. The molecule has 2 aromatic heterocycles. The van der Waals surface area contributed by atoms with Crippen molar-refractivity contribution in [3.63, 3.8) is 0 Å². The first-order valence-electron chi connectivity index (χ1n) is 9.76. The van der Waals surface area contributed by atoms with Gasteiger partial charge in [-0.2, -0.15) is 15.2 Å². The van der Waals surface area contributed by atoms with Crippen LogP contribution in [0.15, 0.2) is 47.6 Å². The molecule has 1 saturated heterocycles. The second kappa shape index (κ2) is 8.04. The van der Waals surface area contributed by atoms with Gasteiger partial charge in [0, 0.05) is 38.3 Å². The van der Waals surface area contributed by atoms with E-state index in [0.717, 1.165) is 37.6 Å². The number of halogens is 1. The van der Waals surface area contributed by atoms with Crippen LogP contribution >= 0.6 is 0 Å². The smallest absolute Gasteiger partial charge is 0.228 e. The van der Waals surface area contributed by atoms with Gasteiger partial charge < -0.3 is 19.7 Å². The maximum Gasteiger partial charge on any atom is 0.228 e. The summed E-state index contributed by atoms with van der Waals surface area (Å²) < 4.78 is 26.1. The Morgan fingerprint density at radius 3 is 2.63 bits per heavy atom. The number of anilines is 4. The number of benzene rings is 1. The van der Waals surface area contributed by atoms with Crippen molar-refractivity contribution in [3.05, 3.63) is 54.2 Å². The molecule has 10 heteroatoms. The second-order valence-electron chi connectivity index (χ2n) is 7.16. The van der Waals surface area contributed by atoms with Gasteiger partial charge in [0.2, 0.25) is 10.8 Å². The number of hydrogen-bond donors (Lipinski definition) is 1. The van der Waals surface area contributed by atoms with Crippen LogP contribution in [0.3, 0.4) is 0 Å². The Balaban J connectivity index is 1.40. The molecule has 1 N–H and O–H groups in total. The van der Waals surface area contributed by atoms with Crippen molar-refractivity contribution in [2.24, 2.45) is 0 Å². The highest BCUT2D eigenvalue weighted by Gasteiger charge is 2.33. The molecule has 0 bridgehead atoms. The van der Waals surface area contributed by atoms with Gasteiger partial charge >= 0.3 is 0 Å². The maximum atomic E-state index is 13.6. The van der Waals surface area contributed by atoms with Crippen LogP contribution in [-0.2, 0) is 17.6 Å². The third-order valence-corrected chi connectivity index (χ3v) is 6.72. The Hall–Kier alpha value is -2.98. The summed E-state index contributed by atoms with van der Waals surface area (Å²) in [5.41, 5.74) is 2.42. The zero-order valence-electron chi connectivity index (χ0n) is 16.2. The van der Waals surface area contributed by atoms with Gasteiger partial charge in [0.1, 0.15) is 17.3 Å². The van der Waals surface area contributed by atoms with Crippen molar-refractivity contribution in [2.45, 2.75) is 11.3 Å². The van der Waals surface area contributed by atoms with Crippen LogP contribution < -0.4 is 15.1 Å². The van der Waals surface area contributed by atoms with Crippen molar-refractivity contribution < 1.29 is 8.94 Å². The van der Waals surface area contributed by atoms with E-state index in [1.165, 1.54) is 12.1 Å². The van der Waals surface area contributed by atoms with Crippen LogP contribution in [0.5, 0.6) is 0 Å². The molecule has 0 spiro atoms. The summed E-state index contributed by atoms with van der Waals surface area (Å²) in [4.78, 5) is 14.4. The van der Waals surface area contributed by atoms with Gasteiger partial charge in [-0.1, -0.05) is 6.07 Å². The molecule has 1 aromatic carbocycles. The lowest BCUT2D eigenvalue weighted by atomic mass is 10.2. The fourth-order valence-corrected chi connectivity index (χ4v) is 5.05. The van der Waals surface area contributed by atoms with Crippen LogP contribution in [0, 0.1) is 5.82 Å². The molecule has 3 aromatic rings. The average molecular weight is 425 g/mol. The standard InChI is InChI=1S/C20H20FN7OS/c21-14-2-1-3-15(12-14)24-19-18-17(5-11-30(18)29)25-20(26-19)28-9-7-27(8-10-28)16-4-6-22-23-13-16/h1-4,6,12-13H,5,7-11H2,(H,24,25,26). The highest BCUT2D eigenvalue weighted by atomic mass is 32.2. The molecule has 1 atom stereocenters. The van der Waals surface area contributed by atoms with E-state index in [9.17, 15) is 8.94 Å². The van der Waals surface area contributed by atoms with Crippen molar-refractivity contribution in [2.75, 3.05) is 47.0 Å². The highest BCUT2D eigenvalue weighted by molar-refractivity contribution is 7.91. The average Bonchev–Trinajstić information content (AvgIpc) is 3.15. The maximum absolute atomic E-state index is 13.6. The summed E-state index contributed by atoms with van der Waals surface area (Å²) >= 11 is -1.15. The van der Waals surface area contributed by atoms with E-state index in [1.807, 2.05) is 6.07 Å². The number of piperazine rings is 1. The van der Waals surface area contributed by atoms with Crippen LogP contribution in [0.25, 0.3) is 0 Å². The van der Waals surface area contributed by atoms with Crippen LogP contribution in [0.1, 0.15) is 5.69 Å². The number of rotatable bonds is 4. The molecule has 1 unspecified atom stereocenters. The third-order valence-electron chi connectivity index (χ3n) is 5.26. The molecule has 4 heterocycles. The van der Waals surface area contributed by atoms with Gasteiger partial charge in [-0.3, -0.25) is 0 Å². The van der Waals surface area contributed by atoms with Gasteiger partial charge in [0.25, 0.3) is 0 Å². The molecule has 0 aliphatic carbocycles. The van der Waals surface area contributed by atoms with E-state index >= 15 is 0 Å². The number of aryl methyl sites for hydroxylation is 1. The summed E-state index contributed by atoms with van der Waals surface area (Å²) in [7, 11) is 0. The molecule has 0 amide bonds. The summed E-state index contributed by atoms with van der Waals surface area (Å²) in [5.74, 6) is 1.30. The Bertz CT molecular complexity index is 1050. The van der Waals surface area contributed by atoms with Gasteiger partial charge in [-0.05, 0) is 35.4 Å². The Morgan fingerprint density at radius 1 is 1.03 bits per heavy atom. The predicted molar refractivity (Wildman–Crippen MR) is 113 cm³/mol. The number of nitrogens with one attached hydrogen (secondary N) is 1. The van der Waals surface area contributed by atoms with Crippen LogP contribution in [0.4, 0.5) is 27.5 Å². The monoisotopic (exact) mass is 425 g/mol. The Morgan fingerprint density at radius 2 is 1.87 bits per heavy atom. The van der Waals surface area contributed by atoms with Crippen molar-refractivity contribution in [1.82, 2.24) is 20.2 Å². The molecule has 2 aliphatic rings. The summed E-state index contributed by atoms with van der Waals surface area (Å²) in [6.45, 7) is 3.13. The van der Waals surface area contributed by atoms with E-state index in [2.05, 4.69) is 30.3 Å². The molecule has 30 heavy (non-hydrogen) atoms. The third kappa shape index (κ3) is 3.75. The molecule has 8 nitrogen and oxygen atoms in total. The minimum atomic E-state index is -1.15. The summed E-state index contributed by atoms with van der Waals surface area (Å²) in [6, 6.07) is 8.12. The van der Waals surface area contributed by atoms with Gasteiger partial charge in [0.15, 0.2) is 5.82 Å². The first-order chi connectivity index (χ1) is 14.7. The number of fused-ring (bicyclic) bond motifs is 1. The molecule has 0 radical (unpaired) electrons. The van der Waals surface area contributed by atoms with E-state index < -0.39 is 11.2 Å². The van der Waals surface area contributed by atoms with E-state index in [1.54, 1.807) is 24.5 Å². The normalized spacial score (nSPS) is 18.4. The number of aromatic nitrogens is 4. The van der Waals surface area contributed by atoms with Gasteiger partial charge in [-0.25, -0.2) is 9.37 Å². The van der Waals surface area contributed by atoms with Crippen molar-refractivity contribution in [3.8, 4) is 0 Å². The van der Waals surface area contributed by atoms with E-state index in [-0.39, 0.29) is 5.82 Å². The molecule has 5 rings (SSSR count).